The van der Waals surface area contributed by atoms with Crippen LogP contribution in [0.25, 0.3) is 15.9 Å². The number of hydrogen-bond acceptors (Lipinski definition) is 6. The summed E-state index contributed by atoms with van der Waals surface area (Å²) >= 11 is 5.87. The lowest BCUT2D eigenvalue weighted by Crippen LogP contribution is -2.23. The van der Waals surface area contributed by atoms with Gasteiger partial charge in [0.1, 0.15) is 12.1 Å². The number of fused-ring (bicyclic) bond motifs is 1. The highest BCUT2D eigenvalue weighted by molar-refractivity contribution is 6.30. The highest BCUT2D eigenvalue weighted by Crippen LogP contribution is 2.19. The van der Waals surface area contributed by atoms with E-state index in [0.29, 0.717) is 18.0 Å². The molecule has 0 spiro atoms. The monoisotopic (exact) mass is 411 g/mol. The van der Waals surface area contributed by atoms with Crippen molar-refractivity contribution in [3.05, 3.63) is 79.4 Å². The molecule has 0 N–H and O–H groups in total. The minimum Gasteiger partial charge on any atom is -0.390 e. The van der Waals surface area contributed by atoms with Crippen molar-refractivity contribution >= 4 is 28.5 Å². The van der Waals surface area contributed by atoms with E-state index in [-0.39, 0.29) is 29.3 Å². The molecule has 146 valence electrons. The molecule has 0 saturated heterocycles. The minimum absolute atomic E-state index is 0.0600. The van der Waals surface area contributed by atoms with E-state index in [1.807, 2.05) is 12.1 Å². The third kappa shape index (κ3) is 3.55. The van der Waals surface area contributed by atoms with Crippen LogP contribution in [0.1, 0.15) is 11.5 Å². The Morgan fingerprint density at radius 1 is 1.21 bits per heavy atom. The molecule has 0 saturated carbocycles. The Bertz CT molecular complexity index is 1360. The standard InChI is InChI=1S/C18H14ClN7O3/c1-20-16-14-15(24(2)23-16)17(27)25(10-21-14)9-13-22-26(18(28)29-13)8-7-11-3-5-12(19)6-4-11/h3-6,10H,7-9H2,2H3. The van der Waals surface area contributed by atoms with Crippen LogP contribution in [0.15, 0.2) is 44.6 Å². The van der Waals surface area contributed by atoms with Crippen molar-refractivity contribution in [2.75, 3.05) is 0 Å². The summed E-state index contributed by atoms with van der Waals surface area (Å²) in [7, 11) is 1.57. The quantitative estimate of drug-likeness (QED) is 0.463. The lowest BCUT2D eigenvalue weighted by molar-refractivity contribution is 0.434. The highest BCUT2D eigenvalue weighted by Gasteiger charge is 2.18. The van der Waals surface area contributed by atoms with E-state index in [0.717, 1.165) is 5.56 Å². The van der Waals surface area contributed by atoms with Gasteiger partial charge >= 0.3 is 11.6 Å². The van der Waals surface area contributed by atoms with E-state index in [4.69, 9.17) is 22.6 Å². The Labute approximate surface area is 168 Å². The highest BCUT2D eigenvalue weighted by atomic mass is 35.5. The van der Waals surface area contributed by atoms with E-state index >= 15 is 0 Å². The molecule has 3 heterocycles. The SMILES string of the molecule is [C-]#[N+]c1nn(C)c2c(=O)n(Cc3nn(CCc4ccc(Cl)cc4)c(=O)o3)cnc12. The Kier molecular flexibility index (Phi) is 4.74. The third-order valence-electron chi connectivity index (χ3n) is 4.38. The van der Waals surface area contributed by atoms with Gasteiger partial charge in [-0.25, -0.2) is 9.78 Å². The van der Waals surface area contributed by atoms with Gasteiger partial charge in [-0.05, 0) is 29.2 Å². The molecule has 0 aliphatic heterocycles. The first-order valence-corrected chi connectivity index (χ1v) is 8.95. The Morgan fingerprint density at radius 3 is 2.69 bits per heavy atom. The van der Waals surface area contributed by atoms with Crippen molar-refractivity contribution in [3.8, 4) is 0 Å². The van der Waals surface area contributed by atoms with E-state index in [1.54, 1.807) is 19.2 Å². The average molecular weight is 412 g/mol. The normalized spacial score (nSPS) is 11.1. The molecule has 0 aliphatic carbocycles. The molecule has 10 nitrogen and oxygen atoms in total. The summed E-state index contributed by atoms with van der Waals surface area (Å²) in [4.78, 5) is 32.2. The molecule has 0 bridgehead atoms. The molecule has 0 fully saturated rings. The maximum atomic E-state index is 12.7. The van der Waals surface area contributed by atoms with Crippen LogP contribution in [0.5, 0.6) is 0 Å². The zero-order valence-electron chi connectivity index (χ0n) is 15.2. The molecule has 0 aliphatic rings. The van der Waals surface area contributed by atoms with Gasteiger partial charge in [-0.2, -0.15) is 9.36 Å². The van der Waals surface area contributed by atoms with E-state index < -0.39 is 11.3 Å². The van der Waals surface area contributed by atoms with Gasteiger partial charge in [0.2, 0.25) is 5.89 Å². The second-order valence-electron chi connectivity index (χ2n) is 6.30. The summed E-state index contributed by atoms with van der Waals surface area (Å²) < 4.78 is 8.95. The number of hydrogen-bond donors (Lipinski definition) is 0. The number of halogens is 1. The van der Waals surface area contributed by atoms with E-state index in [2.05, 4.69) is 20.0 Å². The minimum atomic E-state index is -0.605. The van der Waals surface area contributed by atoms with Gasteiger partial charge in [0.05, 0.1) is 19.9 Å². The molecule has 4 aromatic rings. The fourth-order valence-corrected chi connectivity index (χ4v) is 3.07. The molecule has 4 rings (SSSR count). The molecular formula is C18H14ClN7O3. The summed E-state index contributed by atoms with van der Waals surface area (Å²) in [5.41, 5.74) is 1.03. The van der Waals surface area contributed by atoms with Crippen LogP contribution < -0.4 is 11.3 Å². The fraction of sp³-hybridized carbons (Fsp3) is 0.222. The van der Waals surface area contributed by atoms with Crippen LogP contribution in [0.2, 0.25) is 5.02 Å². The second kappa shape index (κ2) is 7.37. The number of aryl methyl sites for hydroxylation is 3. The molecule has 11 heteroatoms. The summed E-state index contributed by atoms with van der Waals surface area (Å²) in [5.74, 6) is -0.460. The number of benzene rings is 1. The van der Waals surface area contributed by atoms with Crippen molar-refractivity contribution < 1.29 is 4.42 Å². The topological polar surface area (TPSA) is 105 Å². The first kappa shape index (κ1) is 18.6. The Morgan fingerprint density at radius 2 is 1.97 bits per heavy atom. The molecule has 0 radical (unpaired) electrons. The summed E-state index contributed by atoms with van der Waals surface area (Å²) in [6.07, 6.45) is 1.86. The summed E-state index contributed by atoms with van der Waals surface area (Å²) in [6.45, 7) is 7.37. The van der Waals surface area contributed by atoms with Crippen molar-refractivity contribution in [1.29, 1.82) is 0 Å². The van der Waals surface area contributed by atoms with Crippen molar-refractivity contribution in [2.45, 2.75) is 19.5 Å². The van der Waals surface area contributed by atoms with Crippen molar-refractivity contribution in [3.63, 3.8) is 0 Å². The molecule has 0 amide bonds. The summed E-state index contributed by atoms with van der Waals surface area (Å²) in [5, 5.41) is 8.78. The van der Waals surface area contributed by atoms with E-state index in [1.165, 1.54) is 20.3 Å². The van der Waals surface area contributed by atoms with Crippen LogP contribution in [-0.2, 0) is 26.6 Å². The molecule has 0 atom stereocenters. The summed E-state index contributed by atoms with van der Waals surface area (Å²) in [6, 6.07) is 7.31. The number of nitrogens with zero attached hydrogens (tertiary/aromatic N) is 7. The Balaban J connectivity index is 1.57. The molecule has 29 heavy (non-hydrogen) atoms. The third-order valence-corrected chi connectivity index (χ3v) is 4.63. The van der Waals surface area contributed by atoms with Crippen LogP contribution in [0, 0.1) is 6.57 Å². The number of rotatable bonds is 5. The lowest BCUT2D eigenvalue weighted by Gasteiger charge is -2.02. The zero-order chi connectivity index (χ0) is 20.5. The van der Waals surface area contributed by atoms with Gasteiger partial charge in [0, 0.05) is 5.02 Å². The van der Waals surface area contributed by atoms with Crippen LogP contribution in [0.3, 0.4) is 0 Å². The molecule has 3 aromatic heterocycles. The first-order valence-electron chi connectivity index (χ1n) is 8.57. The molecular weight excluding hydrogens is 398 g/mol. The predicted octanol–water partition coefficient (Wildman–Crippen LogP) is 1.77. The predicted molar refractivity (Wildman–Crippen MR) is 104 cm³/mol. The van der Waals surface area contributed by atoms with Gasteiger partial charge in [-0.3, -0.25) is 9.36 Å². The maximum absolute atomic E-state index is 12.7. The van der Waals surface area contributed by atoms with Gasteiger partial charge in [-0.15, -0.1) is 5.10 Å². The van der Waals surface area contributed by atoms with Crippen molar-refractivity contribution in [2.24, 2.45) is 7.05 Å². The van der Waals surface area contributed by atoms with Crippen molar-refractivity contribution in [1.82, 2.24) is 29.1 Å². The first-order chi connectivity index (χ1) is 14.0. The van der Waals surface area contributed by atoms with Crippen LogP contribution >= 0.6 is 11.6 Å². The fourth-order valence-electron chi connectivity index (χ4n) is 2.95. The van der Waals surface area contributed by atoms with Gasteiger partial charge in [-0.1, -0.05) is 30.3 Å². The zero-order valence-corrected chi connectivity index (χ0v) is 16.0. The average Bonchev–Trinajstić information content (AvgIpc) is 3.23. The second-order valence-corrected chi connectivity index (χ2v) is 6.73. The molecule has 0 unspecified atom stereocenters. The molecule has 1 aromatic carbocycles. The maximum Gasteiger partial charge on any atom is 0.437 e. The van der Waals surface area contributed by atoms with Crippen LogP contribution in [-0.4, -0.2) is 29.1 Å². The van der Waals surface area contributed by atoms with Gasteiger partial charge in [0.25, 0.3) is 5.56 Å². The smallest absolute Gasteiger partial charge is 0.390 e. The van der Waals surface area contributed by atoms with Crippen LogP contribution in [0.4, 0.5) is 5.82 Å². The van der Waals surface area contributed by atoms with Gasteiger partial charge < -0.3 is 9.26 Å². The van der Waals surface area contributed by atoms with Gasteiger partial charge in [0.15, 0.2) is 5.52 Å². The lowest BCUT2D eigenvalue weighted by atomic mass is 10.1. The number of aromatic nitrogens is 6. The Hall–Kier alpha value is -3.71. The largest absolute Gasteiger partial charge is 0.437 e. The van der Waals surface area contributed by atoms with E-state index in [9.17, 15) is 9.59 Å².